The van der Waals surface area contributed by atoms with E-state index in [1.54, 1.807) is 0 Å². The van der Waals surface area contributed by atoms with Crippen molar-refractivity contribution >= 4 is 5.91 Å². The topological polar surface area (TPSA) is 70.1 Å². The predicted octanol–water partition coefficient (Wildman–Crippen LogP) is 2.04. The number of rotatable bonds is 8. The largest absolute Gasteiger partial charge is 0.338 e. The molecule has 0 radical (unpaired) electrons. The van der Waals surface area contributed by atoms with Crippen LogP contribution in [0.25, 0.3) is 0 Å². The zero-order chi connectivity index (χ0) is 13.5. The summed E-state index contributed by atoms with van der Waals surface area (Å²) in [4.78, 5) is 14.2. The summed E-state index contributed by atoms with van der Waals surface area (Å²) in [6, 6.07) is 2.74. The molecule has 4 nitrogen and oxygen atoms in total. The molecule has 1 rings (SSSR count). The van der Waals surface area contributed by atoms with E-state index in [0.29, 0.717) is 19.0 Å². The molecule has 0 aromatic rings. The highest BCUT2D eigenvalue weighted by Gasteiger charge is 2.33. The number of hydrogen-bond donors (Lipinski definition) is 1. The summed E-state index contributed by atoms with van der Waals surface area (Å²) < 4.78 is 0. The second-order valence-electron chi connectivity index (χ2n) is 5.48. The molecule has 0 aromatic carbocycles. The zero-order valence-electron chi connectivity index (χ0n) is 11.6. The first-order valence-corrected chi connectivity index (χ1v) is 6.99. The van der Waals surface area contributed by atoms with Crippen molar-refractivity contribution in [3.05, 3.63) is 0 Å². The first kappa shape index (κ1) is 15.0. The van der Waals surface area contributed by atoms with E-state index in [1.807, 2.05) is 18.7 Å². The molecule has 0 saturated heterocycles. The van der Waals surface area contributed by atoms with Crippen molar-refractivity contribution < 1.29 is 4.79 Å². The van der Waals surface area contributed by atoms with E-state index < -0.39 is 0 Å². The van der Waals surface area contributed by atoms with E-state index in [0.717, 1.165) is 32.1 Å². The van der Waals surface area contributed by atoms with Gasteiger partial charge in [-0.1, -0.05) is 13.3 Å². The molecule has 18 heavy (non-hydrogen) atoms. The van der Waals surface area contributed by atoms with Crippen molar-refractivity contribution in [2.24, 2.45) is 11.7 Å². The van der Waals surface area contributed by atoms with Gasteiger partial charge in [0, 0.05) is 24.5 Å². The highest BCUT2D eigenvalue weighted by atomic mass is 16.2. The van der Waals surface area contributed by atoms with Crippen LogP contribution in [0.5, 0.6) is 0 Å². The molecule has 2 unspecified atom stereocenters. The standard InChI is InChI=1S/C14H25N3O/c1-11(5-3-6-12(2)16)14(18)17(10-4-9-15)13-7-8-13/h11-13H,3-8,10,16H2,1-2H3. The summed E-state index contributed by atoms with van der Waals surface area (Å²) in [5.41, 5.74) is 5.71. The molecular formula is C14H25N3O. The fraction of sp³-hybridized carbons (Fsp3) is 0.857. The molecule has 1 saturated carbocycles. The molecule has 1 aliphatic carbocycles. The van der Waals surface area contributed by atoms with Gasteiger partial charge in [0.15, 0.2) is 0 Å². The maximum absolute atomic E-state index is 12.3. The van der Waals surface area contributed by atoms with Crippen LogP contribution in [0.2, 0.25) is 0 Å². The SMILES string of the molecule is CC(N)CCCC(C)C(=O)N(CCC#N)C1CC1. The molecule has 0 bridgehead atoms. The number of nitriles is 1. The van der Waals surface area contributed by atoms with Gasteiger partial charge in [-0.25, -0.2) is 0 Å². The first-order chi connectivity index (χ1) is 8.56. The third kappa shape index (κ3) is 5.05. The Morgan fingerprint density at radius 2 is 2.11 bits per heavy atom. The van der Waals surface area contributed by atoms with Crippen molar-refractivity contribution in [1.82, 2.24) is 4.90 Å². The lowest BCUT2D eigenvalue weighted by Gasteiger charge is -2.25. The minimum atomic E-state index is 0.0584. The fourth-order valence-corrected chi connectivity index (χ4v) is 2.18. The van der Waals surface area contributed by atoms with Crippen molar-refractivity contribution in [3.63, 3.8) is 0 Å². The third-order valence-corrected chi connectivity index (χ3v) is 3.45. The molecule has 2 N–H and O–H groups in total. The highest BCUT2D eigenvalue weighted by Crippen LogP contribution is 2.29. The van der Waals surface area contributed by atoms with Crippen molar-refractivity contribution in [2.75, 3.05) is 6.54 Å². The number of nitrogens with two attached hydrogens (primary N) is 1. The summed E-state index contributed by atoms with van der Waals surface area (Å²) >= 11 is 0. The van der Waals surface area contributed by atoms with Gasteiger partial charge in [-0.15, -0.1) is 0 Å². The lowest BCUT2D eigenvalue weighted by atomic mass is 10.0. The van der Waals surface area contributed by atoms with Gasteiger partial charge in [0.25, 0.3) is 0 Å². The van der Waals surface area contributed by atoms with Crippen LogP contribution in [0.1, 0.15) is 52.4 Å². The van der Waals surface area contributed by atoms with E-state index in [-0.39, 0.29) is 17.9 Å². The van der Waals surface area contributed by atoms with Crippen molar-refractivity contribution in [3.8, 4) is 6.07 Å². The van der Waals surface area contributed by atoms with Gasteiger partial charge >= 0.3 is 0 Å². The van der Waals surface area contributed by atoms with Gasteiger partial charge in [0.05, 0.1) is 12.5 Å². The van der Waals surface area contributed by atoms with Gasteiger partial charge in [-0.3, -0.25) is 4.79 Å². The average Bonchev–Trinajstić information content (AvgIpc) is 3.13. The first-order valence-electron chi connectivity index (χ1n) is 6.99. The number of carbonyl (C=O) groups excluding carboxylic acids is 1. The van der Waals surface area contributed by atoms with Crippen LogP contribution < -0.4 is 5.73 Å². The molecule has 0 spiro atoms. The van der Waals surface area contributed by atoms with Gasteiger partial charge in [0.1, 0.15) is 0 Å². The minimum Gasteiger partial charge on any atom is -0.338 e. The molecule has 1 aliphatic rings. The number of amides is 1. The Balaban J connectivity index is 2.36. The summed E-state index contributed by atoms with van der Waals surface area (Å²) in [5.74, 6) is 0.278. The molecule has 0 heterocycles. The van der Waals surface area contributed by atoms with Gasteiger partial charge in [-0.2, -0.15) is 5.26 Å². The van der Waals surface area contributed by atoms with Gasteiger partial charge < -0.3 is 10.6 Å². The normalized spacial score (nSPS) is 17.9. The lowest BCUT2D eigenvalue weighted by molar-refractivity contribution is -0.135. The molecule has 1 fully saturated rings. The van der Waals surface area contributed by atoms with Crippen molar-refractivity contribution in [1.29, 1.82) is 5.26 Å². The monoisotopic (exact) mass is 251 g/mol. The summed E-state index contributed by atoms with van der Waals surface area (Å²) in [6.45, 7) is 4.58. The Bertz CT molecular complexity index is 305. The Labute approximate surface area is 110 Å². The summed E-state index contributed by atoms with van der Waals surface area (Å²) in [7, 11) is 0. The fourth-order valence-electron chi connectivity index (χ4n) is 2.18. The Morgan fingerprint density at radius 3 is 2.61 bits per heavy atom. The van der Waals surface area contributed by atoms with Crippen molar-refractivity contribution in [2.45, 2.75) is 64.5 Å². The van der Waals surface area contributed by atoms with Crippen LogP contribution in [0, 0.1) is 17.2 Å². The van der Waals surface area contributed by atoms with E-state index >= 15 is 0 Å². The maximum Gasteiger partial charge on any atom is 0.225 e. The second kappa shape index (κ2) is 7.38. The van der Waals surface area contributed by atoms with Crippen LogP contribution in [0.15, 0.2) is 0 Å². The zero-order valence-corrected chi connectivity index (χ0v) is 11.6. The van der Waals surface area contributed by atoms with E-state index in [9.17, 15) is 4.79 Å². The van der Waals surface area contributed by atoms with E-state index in [4.69, 9.17) is 11.0 Å². The third-order valence-electron chi connectivity index (χ3n) is 3.45. The smallest absolute Gasteiger partial charge is 0.225 e. The highest BCUT2D eigenvalue weighted by molar-refractivity contribution is 5.79. The Hall–Kier alpha value is -1.08. The van der Waals surface area contributed by atoms with Crippen LogP contribution >= 0.6 is 0 Å². The predicted molar refractivity (Wildman–Crippen MR) is 71.6 cm³/mol. The van der Waals surface area contributed by atoms with Crippen LogP contribution in [0.3, 0.4) is 0 Å². The number of carbonyl (C=O) groups is 1. The quantitative estimate of drug-likeness (QED) is 0.717. The summed E-state index contributed by atoms with van der Waals surface area (Å²) in [5, 5.41) is 8.64. The number of nitrogens with zero attached hydrogens (tertiary/aromatic N) is 2. The van der Waals surface area contributed by atoms with E-state index in [2.05, 4.69) is 6.07 Å². The lowest BCUT2D eigenvalue weighted by Crippen LogP contribution is -2.37. The Morgan fingerprint density at radius 1 is 1.44 bits per heavy atom. The molecule has 102 valence electrons. The van der Waals surface area contributed by atoms with Crippen LogP contribution in [-0.2, 0) is 4.79 Å². The Kier molecular flexibility index (Phi) is 6.14. The number of hydrogen-bond acceptors (Lipinski definition) is 3. The van der Waals surface area contributed by atoms with Crippen LogP contribution in [0.4, 0.5) is 0 Å². The molecule has 4 heteroatoms. The van der Waals surface area contributed by atoms with Gasteiger partial charge in [-0.05, 0) is 32.6 Å². The van der Waals surface area contributed by atoms with Gasteiger partial charge in [0.2, 0.25) is 5.91 Å². The molecule has 0 aliphatic heterocycles. The van der Waals surface area contributed by atoms with E-state index in [1.165, 1.54) is 0 Å². The molecule has 0 aromatic heterocycles. The second-order valence-corrected chi connectivity index (χ2v) is 5.48. The molecule has 2 atom stereocenters. The summed E-state index contributed by atoms with van der Waals surface area (Å²) in [6.07, 6.45) is 5.51. The minimum absolute atomic E-state index is 0.0584. The molecular weight excluding hydrogens is 226 g/mol. The maximum atomic E-state index is 12.3. The average molecular weight is 251 g/mol. The molecule has 1 amide bonds. The van der Waals surface area contributed by atoms with Crippen LogP contribution in [-0.4, -0.2) is 29.4 Å².